The second-order valence-corrected chi connectivity index (χ2v) is 9.07. The summed E-state index contributed by atoms with van der Waals surface area (Å²) in [5.41, 5.74) is 0. The Morgan fingerprint density at radius 1 is 0.543 bits per heavy atom. The molecule has 0 radical (unpaired) electrons. The van der Waals surface area contributed by atoms with Crippen LogP contribution in [0.15, 0.2) is 0 Å². The van der Waals surface area contributed by atoms with E-state index in [-0.39, 0.29) is 39.0 Å². The van der Waals surface area contributed by atoms with Crippen molar-refractivity contribution in [2.45, 2.75) is 114 Å². The minimum atomic E-state index is -0.997. The van der Waals surface area contributed by atoms with E-state index in [9.17, 15) is 15.0 Å². The van der Waals surface area contributed by atoms with Crippen LogP contribution in [0, 0.1) is 0 Å². The van der Waals surface area contributed by atoms with Crippen LogP contribution >= 0.6 is 0 Å². The van der Waals surface area contributed by atoms with Gasteiger partial charge in [0.1, 0.15) is 24.9 Å². The molecule has 3 unspecified atom stereocenters. The van der Waals surface area contributed by atoms with E-state index < -0.39 is 31.2 Å². The molecule has 0 aliphatic rings. The van der Waals surface area contributed by atoms with Gasteiger partial charge in [-0.3, -0.25) is 4.79 Å². The molecule has 0 bridgehead atoms. The van der Waals surface area contributed by atoms with Crippen LogP contribution in [0.4, 0.5) is 0 Å². The number of ether oxygens (including phenoxy) is 3. The summed E-state index contributed by atoms with van der Waals surface area (Å²) in [6.07, 6.45) is 10.6. The molecule has 0 fully saturated rings. The van der Waals surface area contributed by atoms with E-state index in [4.69, 9.17) is 34.6 Å². The molecule has 35 heavy (non-hydrogen) atoms. The van der Waals surface area contributed by atoms with Crippen molar-refractivity contribution in [1.29, 1.82) is 0 Å². The SMILES string of the molecule is O=C(CCCCCCCCCCCCCCC(OCC(O)CO)OCC(O)CO)OCC(O)CO. The van der Waals surface area contributed by atoms with E-state index in [1.807, 2.05) is 0 Å². The number of aliphatic hydroxyl groups excluding tert-OH is 6. The van der Waals surface area contributed by atoms with Crippen LogP contribution in [0.3, 0.4) is 0 Å². The van der Waals surface area contributed by atoms with Gasteiger partial charge in [-0.2, -0.15) is 0 Å². The van der Waals surface area contributed by atoms with Crippen molar-refractivity contribution in [3.63, 3.8) is 0 Å². The first-order valence-corrected chi connectivity index (χ1v) is 13.2. The molecule has 0 heterocycles. The normalized spacial score (nSPS) is 15.0. The largest absolute Gasteiger partial charge is 0.463 e. The monoisotopic (exact) mass is 510 g/mol. The zero-order valence-corrected chi connectivity index (χ0v) is 21.3. The second-order valence-electron chi connectivity index (χ2n) is 9.07. The maximum atomic E-state index is 11.5. The number of aliphatic hydroxyl groups is 6. The van der Waals surface area contributed by atoms with Gasteiger partial charge in [0, 0.05) is 6.42 Å². The van der Waals surface area contributed by atoms with Crippen LogP contribution < -0.4 is 0 Å². The zero-order chi connectivity index (χ0) is 26.2. The lowest BCUT2D eigenvalue weighted by Crippen LogP contribution is -2.29. The topological polar surface area (TPSA) is 166 Å². The number of hydrogen-bond donors (Lipinski definition) is 6. The number of carbonyl (C=O) groups excluding carboxylic acids is 1. The molecule has 0 aromatic rings. The average Bonchev–Trinajstić information content (AvgIpc) is 2.87. The van der Waals surface area contributed by atoms with Gasteiger partial charge in [-0.05, 0) is 19.3 Å². The zero-order valence-electron chi connectivity index (χ0n) is 21.3. The molecule has 210 valence electrons. The van der Waals surface area contributed by atoms with Gasteiger partial charge in [0.05, 0.1) is 33.0 Å². The highest BCUT2D eigenvalue weighted by Gasteiger charge is 2.14. The third-order valence-corrected chi connectivity index (χ3v) is 5.59. The maximum Gasteiger partial charge on any atom is 0.305 e. The molecule has 10 heteroatoms. The molecule has 0 aliphatic carbocycles. The summed E-state index contributed by atoms with van der Waals surface area (Å²) in [5, 5.41) is 54.4. The summed E-state index contributed by atoms with van der Waals surface area (Å²) in [4.78, 5) is 11.5. The third kappa shape index (κ3) is 23.3. The summed E-state index contributed by atoms with van der Waals surface area (Å²) >= 11 is 0. The van der Waals surface area contributed by atoms with E-state index in [2.05, 4.69) is 0 Å². The average molecular weight is 511 g/mol. The first kappa shape index (κ1) is 34.1. The first-order valence-electron chi connectivity index (χ1n) is 13.2. The number of esters is 1. The Bertz CT molecular complexity index is 452. The van der Waals surface area contributed by atoms with Crippen molar-refractivity contribution in [2.75, 3.05) is 39.6 Å². The summed E-state index contributed by atoms with van der Waals surface area (Å²) in [7, 11) is 0. The molecular weight excluding hydrogens is 460 g/mol. The lowest BCUT2D eigenvalue weighted by atomic mass is 10.0. The van der Waals surface area contributed by atoms with Gasteiger partial charge in [-0.1, -0.05) is 64.2 Å². The highest BCUT2D eigenvalue weighted by Crippen LogP contribution is 2.15. The van der Waals surface area contributed by atoms with Crippen molar-refractivity contribution in [2.24, 2.45) is 0 Å². The van der Waals surface area contributed by atoms with Crippen LogP contribution in [-0.2, 0) is 19.0 Å². The fourth-order valence-corrected chi connectivity index (χ4v) is 3.42. The Labute approximate surface area is 210 Å². The number of unbranched alkanes of at least 4 members (excludes halogenated alkanes) is 11. The molecule has 0 aromatic carbocycles. The molecule has 0 amide bonds. The van der Waals surface area contributed by atoms with Crippen molar-refractivity contribution < 1.29 is 49.6 Å². The van der Waals surface area contributed by atoms with Crippen LogP contribution in [0.5, 0.6) is 0 Å². The summed E-state index contributed by atoms with van der Waals surface area (Å²) < 4.78 is 15.8. The Kier molecular flexibility index (Phi) is 24.2. The summed E-state index contributed by atoms with van der Waals surface area (Å²) in [6.45, 7) is -1.41. The minimum absolute atomic E-state index is 0.0423. The first-order chi connectivity index (χ1) is 16.9. The fourth-order valence-electron chi connectivity index (χ4n) is 3.42. The minimum Gasteiger partial charge on any atom is -0.463 e. The van der Waals surface area contributed by atoms with E-state index >= 15 is 0 Å². The molecule has 0 saturated heterocycles. The van der Waals surface area contributed by atoms with Crippen molar-refractivity contribution >= 4 is 5.97 Å². The van der Waals surface area contributed by atoms with Gasteiger partial charge in [0.25, 0.3) is 0 Å². The lowest BCUT2D eigenvalue weighted by molar-refractivity contribution is -0.178. The summed E-state index contributed by atoms with van der Waals surface area (Å²) in [6, 6.07) is 0. The Morgan fingerprint density at radius 2 is 0.914 bits per heavy atom. The standard InChI is InChI=1S/C25H50O10/c26-15-21(29)18-33-24(32)13-11-9-7-5-3-1-2-4-6-8-10-12-14-25(34-19-22(30)16-27)35-20-23(31)17-28/h21-23,25-31H,1-20H2. The Hall–Kier alpha value is -0.850. The van der Waals surface area contributed by atoms with Gasteiger partial charge in [0.15, 0.2) is 6.29 Å². The molecule has 0 saturated carbocycles. The molecule has 0 aliphatic heterocycles. The number of hydrogen-bond acceptors (Lipinski definition) is 10. The molecule has 10 nitrogen and oxygen atoms in total. The van der Waals surface area contributed by atoms with E-state index in [0.717, 1.165) is 44.9 Å². The predicted octanol–water partition coefficient (Wildman–Crippen LogP) is 1.41. The molecule has 3 atom stereocenters. The predicted molar refractivity (Wildman–Crippen MR) is 131 cm³/mol. The van der Waals surface area contributed by atoms with Crippen LogP contribution in [-0.4, -0.2) is 101 Å². The number of rotatable bonds is 26. The molecule has 0 spiro atoms. The Morgan fingerprint density at radius 3 is 1.34 bits per heavy atom. The van der Waals surface area contributed by atoms with Gasteiger partial charge in [0.2, 0.25) is 0 Å². The second kappa shape index (κ2) is 24.8. The fraction of sp³-hybridized carbons (Fsp3) is 0.960. The highest BCUT2D eigenvalue weighted by atomic mass is 16.7. The smallest absolute Gasteiger partial charge is 0.305 e. The lowest BCUT2D eigenvalue weighted by Gasteiger charge is -2.21. The van der Waals surface area contributed by atoms with Crippen molar-refractivity contribution in [3.8, 4) is 0 Å². The van der Waals surface area contributed by atoms with E-state index in [1.165, 1.54) is 32.1 Å². The maximum absolute atomic E-state index is 11.5. The molecule has 0 aromatic heterocycles. The van der Waals surface area contributed by atoms with Gasteiger partial charge in [-0.25, -0.2) is 0 Å². The van der Waals surface area contributed by atoms with E-state index in [0.29, 0.717) is 12.8 Å². The molecular formula is C25H50O10. The quantitative estimate of drug-likeness (QED) is 0.0569. The van der Waals surface area contributed by atoms with E-state index in [1.54, 1.807) is 0 Å². The third-order valence-electron chi connectivity index (χ3n) is 5.59. The van der Waals surface area contributed by atoms with Crippen molar-refractivity contribution in [3.05, 3.63) is 0 Å². The van der Waals surface area contributed by atoms with Crippen molar-refractivity contribution in [1.82, 2.24) is 0 Å². The molecule has 0 rings (SSSR count). The van der Waals surface area contributed by atoms with Crippen LogP contribution in [0.1, 0.15) is 89.9 Å². The number of carbonyl (C=O) groups is 1. The Balaban J connectivity index is 3.57. The highest BCUT2D eigenvalue weighted by molar-refractivity contribution is 5.69. The molecule has 6 N–H and O–H groups in total. The van der Waals surface area contributed by atoms with Gasteiger partial charge in [-0.15, -0.1) is 0 Å². The van der Waals surface area contributed by atoms with Gasteiger partial charge < -0.3 is 44.8 Å². The van der Waals surface area contributed by atoms with Crippen LogP contribution in [0.25, 0.3) is 0 Å². The van der Waals surface area contributed by atoms with Crippen LogP contribution in [0.2, 0.25) is 0 Å². The van der Waals surface area contributed by atoms with Gasteiger partial charge >= 0.3 is 5.97 Å². The summed E-state index contributed by atoms with van der Waals surface area (Å²) in [5.74, 6) is -0.325.